The molecule has 0 aliphatic carbocycles. The van der Waals surface area contributed by atoms with Crippen molar-refractivity contribution >= 4 is 5.69 Å². The summed E-state index contributed by atoms with van der Waals surface area (Å²) in [7, 11) is 1.69. The minimum Gasteiger partial charge on any atom is -0.497 e. The number of rotatable bonds is 6. The number of hydrogen-bond donors (Lipinski definition) is 1. The van der Waals surface area contributed by atoms with Crippen molar-refractivity contribution in [3.8, 4) is 5.75 Å². The van der Waals surface area contributed by atoms with Crippen molar-refractivity contribution < 1.29 is 4.74 Å². The van der Waals surface area contributed by atoms with Gasteiger partial charge in [-0.05, 0) is 37.2 Å². The zero-order valence-electron chi connectivity index (χ0n) is 12.9. The van der Waals surface area contributed by atoms with Crippen LogP contribution >= 0.6 is 0 Å². The molecule has 0 spiro atoms. The predicted molar refractivity (Wildman–Crippen MR) is 84.0 cm³/mol. The van der Waals surface area contributed by atoms with E-state index in [9.17, 15) is 0 Å². The number of likely N-dealkylation sites (tertiary alicyclic amines) is 1. The molecule has 1 aromatic carbocycles. The molecule has 1 aliphatic rings. The molecule has 1 aliphatic heterocycles. The second-order valence-corrected chi connectivity index (χ2v) is 5.51. The minimum atomic E-state index is 0.702. The van der Waals surface area contributed by atoms with Crippen molar-refractivity contribution in [2.24, 2.45) is 0 Å². The lowest BCUT2D eigenvalue weighted by Gasteiger charge is -2.26. The minimum absolute atomic E-state index is 0.702. The number of likely N-dealkylation sites (N-methyl/N-ethyl adjacent to an activating group) is 1. The van der Waals surface area contributed by atoms with E-state index in [2.05, 4.69) is 29.7 Å². The molecule has 2 N–H and O–H groups in total. The molecule has 0 saturated carbocycles. The van der Waals surface area contributed by atoms with Crippen LogP contribution < -0.4 is 10.5 Å². The summed E-state index contributed by atoms with van der Waals surface area (Å²) in [5, 5.41) is 0. The van der Waals surface area contributed by atoms with Crippen LogP contribution in [0.5, 0.6) is 5.75 Å². The molecule has 1 aromatic rings. The van der Waals surface area contributed by atoms with Crippen LogP contribution in [0.2, 0.25) is 0 Å². The van der Waals surface area contributed by atoms with Gasteiger partial charge in [-0.25, -0.2) is 0 Å². The van der Waals surface area contributed by atoms with E-state index in [4.69, 9.17) is 10.5 Å². The summed E-state index contributed by atoms with van der Waals surface area (Å²) in [6.45, 7) is 10.0. The van der Waals surface area contributed by atoms with Gasteiger partial charge in [-0.1, -0.05) is 13.8 Å². The first-order chi connectivity index (χ1) is 9.66. The summed E-state index contributed by atoms with van der Waals surface area (Å²) in [6, 6.07) is 6.70. The summed E-state index contributed by atoms with van der Waals surface area (Å²) in [4.78, 5) is 5.07. The molecule has 1 unspecified atom stereocenters. The standard InChI is InChI=1S/C16H27N3O/c1-4-19(5-2)15-6-7-18(12-15)11-13-8-14(17)10-16(9-13)20-3/h8-10,15H,4-7,11-12,17H2,1-3H3. The zero-order chi connectivity index (χ0) is 14.5. The number of nitrogens with zero attached hydrogens (tertiary/aromatic N) is 2. The molecular weight excluding hydrogens is 250 g/mol. The van der Waals surface area contributed by atoms with Crippen molar-refractivity contribution in [2.75, 3.05) is 39.0 Å². The van der Waals surface area contributed by atoms with Crippen molar-refractivity contribution in [3.63, 3.8) is 0 Å². The Kier molecular flexibility index (Phi) is 5.26. The molecule has 1 atom stereocenters. The van der Waals surface area contributed by atoms with Crippen molar-refractivity contribution in [1.82, 2.24) is 9.80 Å². The van der Waals surface area contributed by atoms with Crippen LogP contribution in [-0.4, -0.2) is 49.1 Å². The van der Waals surface area contributed by atoms with E-state index >= 15 is 0 Å². The lowest BCUT2D eigenvalue weighted by molar-refractivity contribution is 0.209. The average molecular weight is 277 g/mol. The third-order valence-corrected chi connectivity index (χ3v) is 4.21. The Balaban J connectivity index is 1.96. The van der Waals surface area contributed by atoms with E-state index in [1.807, 2.05) is 12.1 Å². The molecule has 0 bridgehead atoms. The fraction of sp³-hybridized carbons (Fsp3) is 0.625. The quantitative estimate of drug-likeness (QED) is 0.809. The summed E-state index contributed by atoms with van der Waals surface area (Å²) < 4.78 is 5.29. The molecule has 4 heteroatoms. The molecule has 112 valence electrons. The third kappa shape index (κ3) is 3.64. The highest BCUT2D eigenvalue weighted by Crippen LogP contribution is 2.22. The number of nitrogen functional groups attached to an aromatic ring is 1. The van der Waals surface area contributed by atoms with Crippen LogP contribution in [-0.2, 0) is 6.54 Å². The van der Waals surface area contributed by atoms with Crippen LogP contribution in [0.25, 0.3) is 0 Å². The molecule has 1 saturated heterocycles. The van der Waals surface area contributed by atoms with E-state index in [0.717, 1.165) is 44.2 Å². The summed E-state index contributed by atoms with van der Waals surface area (Å²) in [5.41, 5.74) is 7.94. The van der Waals surface area contributed by atoms with Crippen LogP contribution in [0.15, 0.2) is 18.2 Å². The number of methoxy groups -OCH3 is 1. The fourth-order valence-electron chi connectivity index (χ4n) is 3.15. The van der Waals surface area contributed by atoms with E-state index in [1.165, 1.54) is 12.0 Å². The molecular formula is C16H27N3O. The van der Waals surface area contributed by atoms with E-state index in [-0.39, 0.29) is 0 Å². The molecule has 0 aromatic heterocycles. The molecule has 0 radical (unpaired) electrons. The van der Waals surface area contributed by atoms with Gasteiger partial charge in [0, 0.05) is 37.4 Å². The summed E-state index contributed by atoms with van der Waals surface area (Å²) in [6.07, 6.45) is 1.27. The van der Waals surface area contributed by atoms with Gasteiger partial charge in [-0.15, -0.1) is 0 Å². The first-order valence-corrected chi connectivity index (χ1v) is 7.56. The SMILES string of the molecule is CCN(CC)C1CCN(Cc2cc(N)cc(OC)c2)C1. The van der Waals surface area contributed by atoms with Crippen LogP contribution in [0.4, 0.5) is 5.69 Å². The number of ether oxygens (including phenoxy) is 1. The molecule has 1 heterocycles. The summed E-state index contributed by atoms with van der Waals surface area (Å²) in [5.74, 6) is 0.847. The van der Waals surface area contributed by atoms with E-state index in [1.54, 1.807) is 7.11 Å². The largest absolute Gasteiger partial charge is 0.497 e. The maximum atomic E-state index is 5.92. The normalized spacial score (nSPS) is 19.7. The Labute approximate surface area is 122 Å². The van der Waals surface area contributed by atoms with Gasteiger partial charge >= 0.3 is 0 Å². The third-order valence-electron chi connectivity index (χ3n) is 4.21. The topological polar surface area (TPSA) is 41.7 Å². The monoisotopic (exact) mass is 277 g/mol. The Bertz CT molecular complexity index is 432. The molecule has 2 rings (SSSR count). The van der Waals surface area contributed by atoms with Gasteiger partial charge in [0.1, 0.15) is 5.75 Å². The number of hydrogen-bond acceptors (Lipinski definition) is 4. The predicted octanol–water partition coefficient (Wildman–Crippen LogP) is 2.19. The highest BCUT2D eigenvalue weighted by atomic mass is 16.5. The van der Waals surface area contributed by atoms with E-state index in [0.29, 0.717) is 6.04 Å². The van der Waals surface area contributed by atoms with Gasteiger partial charge in [0.25, 0.3) is 0 Å². The summed E-state index contributed by atoms with van der Waals surface area (Å²) >= 11 is 0. The average Bonchev–Trinajstić information content (AvgIpc) is 2.88. The van der Waals surface area contributed by atoms with Crippen LogP contribution in [0.1, 0.15) is 25.8 Å². The lowest BCUT2D eigenvalue weighted by Crippen LogP contribution is -2.37. The zero-order valence-corrected chi connectivity index (χ0v) is 12.9. The van der Waals surface area contributed by atoms with Crippen molar-refractivity contribution in [2.45, 2.75) is 32.9 Å². The van der Waals surface area contributed by atoms with Gasteiger partial charge in [0.05, 0.1) is 7.11 Å². The van der Waals surface area contributed by atoms with Crippen LogP contribution in [0, 0.1) is 0 Å². The van der Waals surface area contributed by atoms with Gasteiger partial charge in [0.15, 0.2) is 0 Å². The van der Waals surface area contributed by atoms with Crippen molar-refractivity contribution in [1.29, 1.82) is 0 Å². The highest BCUT2D eigenvalue weighted by Gasteiger charge is 2.26. The Morgan fingerprint density at radius 3 is 2.70 bits per heavy atom. The first-order valence-electron chi connectivity index (χ1n) is 7.56. The van der Waals surface area contributed by atoms with Crippen LogP contribution in [0.3, 0.4) is 0 Å². The molecule has 20 heavy (non-hydrogen) atoms. The Morgan fingerprint density at radius 2 is 2.05 bits per heavy atom. The van der Waals surface area contributed by atoms with E-state index < -0.39 is 0 Å². The molecule has 1 fully saturated rings. The fourth-order valence-corrected chi connectivity index (χ4v) is 3.15. The van der Waals surface area contributed by atoms with Gasteiger partial charge in [0.2, 0.25) is 0 Å². The number of benzene rings is 1. The highest BCUT2D eigenvalue weighted by molar-refractivity contribution is 5.47. The number of nitrogens with two attached hydrogens (primary N) is 1. The van der Waals surface area contributed by atoms with Gasteiger partial charge < -0.3 is 10.5 Å². The van der Waals surface area contributed by atoms with Gasteiger partial charge in [-0.2, -0.15) is 0 Å². The van der Waals surface area contributed by atoms with Gasteiger partial charge in [-0.3, -0.25) is 9.80 Å². The molecule has 0 amide bonds. The lowest BCUT2D eigenvalue weighted by atomic mass is 10.2. The maximum absolute atomic E-state index is 5.92. The smallest absolute Gasteiger partial charge is 0.121 e. The maximum Gasteiger partial charge on any atom is 0.121 e. The number of anilines is 1. The first kappa shape index (κ1) is 15.1. The Hall–Kier alpha value is -1.26. The molecule has 4 nitrogen and oxygen atoms in total. The Morgan fingerprint density at radius 1 is 1.30 bits per heavy atom. The second-order valence-electron chi connectivity index (χ2n) is 5.51. The van der Waals surface area contributed by atoms with Crippen molar-refractivity contribution in [3.05, 3.63) is 23.8 Å². The second kappa shape index (κ2) is 6.95.